The number of rotatable bonds is 1. The first-order valence-electron chi connectivity index (χ1n) is 5.07. The number of carbonyl (C=O) groups is 1. The van der Waals surface area contributed by atoms with E-state index in [1.807, 2.05) is 19.1 Å². The highest BCUT2D eigenvalue weighted by atomic mass is 16.2. The third-order valence-corrected chi connectivity index (χ3v) is 2.55. The van der Waals surface area contributed by atoms with E-state index in [2.05, 4.69) is 16.6 Å². The number of hydrogen-bond donors (Lipinski definition) is 1. The minimum Gasteiger partial charge on any atom is -0.273 e. The molecule has 0 spiro atoms. The molecule has 0 bridgehead atoms. The van der Waals surface area contributed by atoms with E-state index in [4.69, 9.17) is 5.26 Å². The molecule has 16 heavy (non-hydrogen) atoms. The van der Waals surface area contributed by atoms with Gasteiger partial charge in [0.1, 0.15) is 0 Å². The second-order valence-corrected chi connectivity index (χ2v) is 3.83. The van der Waals surface area contributed by atoms with Crippen molar-refractivity contribution in [1.82, 2.24) is 5.43 Å². The summed E-state index contributed by atoms with van der Waals surface area (Å²) in [6.45, 7) is 1.95. The van der Waals surface area contributed by atoms with E-state index in [0.29, 0.717) is 12.0 Å². The molecule has 0 radical (unpaired) electrons. The van der Waals surface area contributed by atoms with Gasteiger partial charge in [-0.3, -0.25) is 4.79 Å². The van der Waals surface area contributed by atoms with Crippen LogP contribution in [0.4, 0.5) is 0 Å². The molecule has 1 atom stereocenters. The van der Waals surface area contributed by atoms with Gasteiger partial charge in [-0.25, -0.2) is 5.43 Å². The van der Waals surface area contributed by atoms with Gasteiger partial charge in [-0.15, -0.1) is 0 Å². The molecule has 80 valence electrons. The summed E-state index contributed by atoms with van der Waals surface area (Å²) in [6, 6.07) is 9.33. The second-order valence-electron chi connectivity index (χ2n) is 3.83. The Bertz CT molecular complexity index is 499. The largest absolute Gasteiger partial charge is 0.273 e. The Morgan fingerprint density at radius 3 is 3.06 bits per heavy atom. The lowest BCUT2D eigenvalue weighted by Crippen LogP contribution is -2.31. The van der Waals surface area contributed by atoms with Gasteiger partial charge in [-0.2, -0.15) is 10.4 Å². The van der Waals surface area contributed by atoms with Crippen LogP contribution in [0, 0.1) is 17.2 Å². The first-order valence-corrected chi connectivity index (χ1v) is 5.07. The summed E-state index contributed by atoms with van der Waals surface area (Å²) >= 11 is 0. The fraction of sp³-hybridized carbons (Fsp3) is 0.250. The predicted octanol–water partition coefficient (Wildman–Crippen LogP) is 1.42. The Morgan fingerprint density at radius 2 is 2.38 bits per heavy atom. The molecule has 0 saturated heterocycles. The van der Waals surface area contributed by atoms with E-state index in [-0.39, 0.29) is 11.8 Å². The van der Waals surface area contributed by atoms with E-state index < -0.39 is 0 Å². The van der Waals surface area contributed by atoms with Gasteiger partial charge in [-0.05, 0) is 17.7 Å². The molecule has 2 rings (SSSR count). The summed E-state index contributed by atoms with van der Waals surface area (Å²) in [4.78, 5) is 11.1. The summed E-state index contributed by atoms with van der Waals surface area (Å²) in [6.07, 6.45) is 0.440. The number of nitriles is 1. The molecule has 1 N–H and O–H groups in total. The van der Waals surface area contributed by atoms with E-state index >= 15 is 0 Å². The van der Waals surface area contributed by atoms with Gasteiger partial charge in [0.15, 0.2) is 0 Å². The molecule has 1 aliphatic heterocycles. The van der Waals surface area contributed by atoms with Crippen molar-refractivity contribution in [2.24, 2.45) is 11.0 Å². The van der Waals surface area contributed by atoms with Crippen molar-refractivity contribution in [3.05, 3.63) is 35.4 Å². The van der Waals surface area contributed by atoms with E-state index in [0.717, 1.165) is 11.3 Å². The Morgan fingerprint density at radius 1 is 1.56 bits per heavy atom. The van der Waals surface area contributed by atoms with Crippen LogP contribution in [0.3, 0.4) is 0 Å². The number of amides is 1. The SMILES string of the molecule is CC1CC(=O)NN=C1c1cccc(C#N)c1. The van der Waals surface area contributed by atoms with Crippen LogP contribution in [0.25, 0.3) is 0 Å². The molecule has 0 aliphatic carbocycles. The number of nitrogens with one attached hydrogen (secondary N) is 1. The van der Waals surface area contributed by atoms with Crippen LogP contribution >= 0.6 is 0 Å². The van der Waals surface area contributed by atoms with E-state index in [1.165, 1.54) is 0 Å². The maximum absolute atomic E-state index is 11.1. The number of hydrazone groups is 1. The molecule has 1 aromatic rings. The third-order valence-electron chi connectivity index (χ3n) is 2.55. The lowest BCUT2D eigenvalue weighted by atomic mass is 9.93. The Labute approximate surface area is 93.6 Å². The maximum atomic E-state index is 11.1. The van der Waals surface area contributed by atoms with Gasteiger partial charge in [0.2, 0.25) is 5.91 Å². The zero-order valence-corrected chi connectivity index (χ0v) is 8.90. The van der Waals surface area contributed by atoms with Crippen molar-refractivity contribution in [2.75, 3.05) is 0 Å². The molecule has 4 heteroatoms. The van der Waals surface area contributed by atoms with Gasteiger partial charge in [-0.1, -0.05) is 19.1 Å². The lowest BCUT2D eigenvalue weighted by Gasteiger charge is -2.19. The molecule has 1 aliphatic rings. The van der Waals surface area contributed by atoms with Crippen LogP contribution in [-0.2, 0) is 4.79 Å². The summed E-state index contributed by atoms with van der Waals surface area (Å²) in [5.41, 5.74) is 4.79. The zero-order chi connectivity index (χ0) is 11.5. The molecule has 4 nitrogen and oxygen atoms in total. The van der Waals surface area contributed by atoms with E-state index in [1.54, 1.807) is 12.1 Å². The van der Waals surface area contributed by atoms with Crippen molar-refractivity contribution in [3.63, 3.8) is 0 Å². The van der Waals surface area contributed by atoms with Gasteiger partial charge in [0, 0.05) is 12.3 Å². The summed E-state index contributed by atoms with van der Waals surface area (Å²) in [5.74, 6) is 0.0235. The normalized spacial score (nSPS) is 19.6. The molecule has 0 saturated carbocycles. The van der Waals surface area contributed by atoms with Crippen LogP contribution < -0.4 is 5.43 Å². The molecule has 0 aromatic heterocycles. The van der Waals surface area contributed by atoms with Crippen molar-refractivity contribution in [2.45, 2.75) is 13.3 Å². The molecular formula is C12H11N3O. The smallest absolute Gasteiger partial charge is 0.240 e. The topological polar surface area (TPSA) is 65.2 Å². The molecule has 1 heterocycles. The number of carbonyl (C=O) groups excluding carboxylic acids is 1. The minimum atomic E-state index is -0.0623. The highest BCUT2D eigenvalue weighted by molar-refractivity contribution is 6.05. The van der Waals surface area contributed by atoms with Crippen molar-refractivity contribution in [1.29, 1.82) is 5.26 Å². The van der Waals surface area contributed by atoms with Gasteiger partial charge in [0.25, 0.3) is 0 Å². The summed E-state index contributed by atoms with van der Waals surface area (Å²) in [7, 11) is 0. The molecule has 1 amide bonds. The van der Waals surface area contributed by atoms with E-state index in [9.17, 15) is 4.79 Å². The summed E-state index contributed by atoms with van der Waals surface area (Å²) in [5, 5.41) is 12.9. The molecule has 1 unspecified atom stereocenters. The highest BCUT2D eigenvalue weighted by Crippen LogP contribution is 2.17. The van der Waals surface area contributed by atoms with Gasteiger partial charge < -0.3 is 0 Å². The maximum Gasteiger partial charge on any atom is 0.240 e. The third kappa shape index (κ3) is 1.94. The van der Waals surface area contributed by atoms with Crippen LogP contribution in [0.1, 0.15) is 24.5 Å². The average Bonchev–Trinajstić information content (AvgIpc) is 2.29. The number of benzene rings is 1. The first kappa shape index (κ1) is 10.4. The fourth-order valence-electron chi connectivity index (χ4n) is 1.75. The van der Waals surface area contributed by atoms with Crippen LogP contribution in [0.5, 0.6) is 0 Å². The standard InChI is InChI=1S/C12H11N3O/c1-8-5-11(16)14-15-12(8)10-4-2-3-9(6-10)7-13/h2-4,6,8H,5H2,1H3,(H,14,16). The monoisotopic (exact) mass is 213 g/mol. The van der Waals surface area contributed by atoms with Crippen LogP contribution in [0.2, 0.25) is 0 Å². The average molecular weight is 213 g/mol. The van der Waals surface area contributed by atoms with Crippen LogP contribution in [0.15, 0.2) is 29.4 Å². The molecular weight excluding hydrogens is 202 g/mol. The first-order chi connectivity index (χ1) is 7.70. The minimum absolute atomic E-state index is 0.0623. The van der Waals surface area contributed by atoms with Gasteiger partial charge in [0.05, 0.1) is 17.3 Å². The quantitative estimate of drug-likeness (QED) is 0.766. The number of hydrogen-bond acceptors (Lipinski definition) is 3. The highest BCUT2D eigenvalue weighted by Gasteiger charge is 2.21. The zero-order valence-electron chi connectivity index (χ0n) is 8.90. The second kappa shape index (κ2) is 4.15. The van der Waals surface area contributed by atoms with Crippen molar-refractivity contribution < 1.29 is 4.79 Å². The molecule has 0 fully saturated rings. The van der Waals surface area contributed by atoms with Gasteiger partial charge >= 0.3 is 0 Å². The van der Waals surface area contributed by atoms with Crippen molar-refractivity contribution in [3.8, 4) is 6.07 Å². The Kier molecular flexibility index (Phi) is 2.69. The number of nitrogens with zero attached hydrogens (tertiary/aromatic N) is 2. The fourth-order valence-corrected chi connectivity index (χ4v) is 1.75. The Hall–Kier alpha value is -2.15. The predicted molar refractivity (Wildman–Crippen MR) is 59.6 cm³/mol. The lowest BCUT2D eigenvalue weighted by molar-refractivity contribution is -0.121. The summed E-state index contributed by atoms with van der Waals surface area (Å²) < 4.78 is 0. The van der Waals surface area contributed by atoms with Crippen molar-refractivity contribution >= 4 is 11.6 Å². The molecule has 1 aromatic carbocycles. The Balaban J connectivity index is 2.37. The van der Waals surface area contributed by atoms with Crippen LogP contribution in [-0.4, -0.2) is 11.6 Å².